The molecule has 0 saturated carbocycles. The number of amides is 1. The van der Waals surface area contributed by atoms with Gasteiger partial charge in [-0.25, -0.2) is 0 Å². The maximum atomic E-state index is 11.8. The molecule has 3 nitrogen and oxygen atoms in total. The summed E-state index contributed by atoms with van der Waals surface area (Å²) in [5.41, 5.74) is 0.679. The van der Waals surface area contributed by atoms with E-state index in [1.54, 1.807) is 24.3 Å². The Morgan fingerprint density at radius 3 is 2.94 bits per heavy atom. The number of furan rings is 1. The summed E-state index contributed by atoms with van der Waals surface area (Å²) in [6.07, 6.45) is 3.25. The number of carbonyl (C=O) groups excluding carboxylic acids is 1. The molecule has 0 unspecified atom stereocenters. The molecule has 0 aliphatic heterocycles. The Morgan fingerprint density at radius 1 is 1.33 bits per heavy atom. The minimum Gasteiger partial charge on any atom is -0.451 e. The minimum atomic E-state index is -0.168. The molecule has 96 valence electrons. The number of carbonyl (C=O) groups is 1. The van der Waals surface area contributed by atoms with Crippen molar-refractivity contribution in [1.29, 1.82) is 0 Å². The molecule has 1 heterocycles. The largest absolute Gasteiger partial charge is 0.451 e. The van der Waals surface area contributed by atoms with Gasteiger partial charge in [0.25, 0.3) is 5.91 Å². The second-order valence-electron chi connectivity index (χ2n) is 4.26. The van der Waals surface area contributed by atoms with Crippen LogP contribution in [0.4, 0.5) is 0 Å². The smallest absolute Gasteiger partial charge is 0.287 e. The normalized spacial score (nSPS) is 10.8. The predicted octanol–water partition coefficient (Wildman–Crippen LogP) is 4.01. The molecule has 1 aromatic carbocycles. The standard InChI is InChI=1S/C14H16ClNO2/c1-2-3-4-7-16-14(17)13-9-10-8-11(15)5-6-12(10)18-13/h5-6,8-9H,2-4,7H2,1H3,(H,16,17). The molecule has 1 amide bonds. The Balaban J connectivity index is 2.04. The first-order chi connectivity index (χ1) is 8.70. The molecule has 18 heavy (non-hydrogen) atoms. The highest BCUT2D eigenvalue weighted by Crippen LogP contribution is 2.22. The van der Waals surface area contributed by atoms with Gasteiger partial charge in [-0.1, -0.05) is 31.4 Å². The van der Waals surface area contributed by atoms with Gasteiger partial charge in [0.2, 0.25) is 0 Å². The molecule has 4 heteroatoms. The molecule has 1 N–H and O–H groups in total. The summed E-state index contributed by atoms with van der Waals surface area (Å²) in [6.45, 7) is 2.81. The Kier molecular flexibility index (Phi) is 4.26. The highest BCUT2D eigenvalue weighted by atomic mass is 35.5. The van der Waals surface area contributed by atoms with Crippen LogP contribution in [-0.2, 0) is 0 Å². The molecule has 2 aromatic rings. The molecule has 0 bridgehead atoms. The Labute approximate surface area is 111 Å². The van der Waals surface area contributed by atoms with Crippen LogP contribution in [0.25, 0.3) is 11.0 Å². The fourth-order valence-electron chi connectivity index (χ4n) is 1.79. The van der Waals surface area contributed by atoms with Crippen molar-refractivity contribution < 1.29 is 9.21 Å². The Hall–Kier alpha value is -1.48. The number of hydrogen-bond acceptors (Lipinski definition) is 2. The van der Waals surface area contributed by atoms with E-state index in [9.17, 15) is 4.79 Å². The average molecular weight is 266 g/mol. The lowest BCUT2D eigenvalue weighted by atomic mass is 10.2. The van der Waals surface area contributed by atoms with Crippen LogP contribution in [-0.4, -0.2) is 12.5 Å². The van der Waals surface area contributed by atoms with Crippen molar-refractivity contribution in [2.24, 2.45) is 0 Å². The molecule has 0 aliphatic carbocycles. The number of halogens is 1. The summed E-state index contributed by atoms with van der Waals surface area (Å²) >= 11 is 5.88. The number of fused-ring (bicyclic) bond motifs is 1. The van der Waals surface area contributed by atoms with Gasteiger partial charge in [0.1, 0.15) is 5.58 Å². The summed E-state index contributed by atoms with van der Waals surface area (Å²) in [6, 6.07) is 7.02. The molecule has 1 aromatic heterocycles. The first kappa shape index (κ1) is 13.0. The molecule has 0 saturated heterocycles. The maximum Gasteiger partial charge on any atom is 0.287 e. The number of rotatable bonds is 5. The highest BCUT2D eigenvalue weighted by Gasteiger charge is 2.11. The monoisotopic (exact) mass is 265 g/mol. The third-order valence-electron chi connectivity index (χ3n) is 2.77. The van der Waals surface area contributed by atoms with Gasteiger partial charge in [0.15, 0.2) is 5.76 Å². The van der Waals surface area contributed by atoms with Gasteiger partial charge in [-0.3, -0.25) is 4.79 Å². The van der Waals surface area contributed by atoms with Crippen molar-refractivity contribution in [3.05, 3.63) is 35.0 Å². The minimum absolute atomic E-state index is 0.168. The maximum absolute atomic E-state index is 11.8. The van der Waals surface area contributed by atoms with Gasteiger partial charge in [0.05, 0.1) is 0 Å². The fraction of sp³-hybridized carbons (Fsp3) is 0.357. The van der Waals surface area contributed by atoms with E-state index in [-0.39, 0.29) is 5.91 Å². The quantitative estimate of drug-likeness (QED) is 0.830. The second-order valence-corrected chi connectivity index (χ2v) is 4.69. The number of benzene rings is 1. The summed E-state index contributed by atoms with van der Waals surface area (Å²) in [5, 5.41) is 4.33. The first-order valence-corrected chi connectivity index (χ1v) is 6.56. The Bertz CT molecular complexity index is 548. The van der Waals surface area contributed by atoms with Gasteiger partial charge in [-0.2, -0.15) is 0 Å². The summed E-state index contributed by atoms with van der Waals surface area (Å²) in [5.74, 6) is 0.169. The first-order valence-electron chi connectivity index (χ1n) is 6.18. The lowest BCUT2D eigenvalue weighted by molar-refractivity contribution is 0.0927. The number of hydrogen-bond donors (Lipinski definition) is 1. The number of nitrogens with one attached hydrogen (secondary N) is 1. The van der Waals surface area contributed by atoms with Crippen LogP contribution in [0, 0.1) is 0 Å². The van der Waals surface area contributed by atoms with E-state index in [2.05, 4.69) is 12.2 Å². The van der Waals surface area contributed by atoms with Gasteiger partial charge < -0.3 is 9.73 Å². The van der Waals surface area contributed by atoms with Crippen molar-refractivity contribution in [2.45, 2.75) is 26.2 Å². The SMILES string of the molecule is CCCCCNC(=O)c1cc2cc(Cl)ccc2o1. The topological polar surface area (TPSA) is 42.2 Å². The molecular formula is C14H16ClNO2. The van der Waals surface area contributed by atoms with Gasteiger partial charge in [-0.05, 0) is 30.7 Å². The van der Waals surface area contributed by atoms with Gasteiger partial charge in [-0.15, -0.1) is 0 Å². The van der Waals surface area contributed by atoms with E-state index in [1.807, 2.05) is 0 Å². The molecule has 0 aliphatic rings. The van der Waals surface area contributed by atoms with Crippen LogP contribution in [0.15, 0.2) is 28.7 Å². The van der Waals surface area contributed by atoms with E-state index in [0.29, 0.717) is 22.9 Å². The molecule has 0 radical (unpaired) electrons. The third-order valence-corrected chi connectivity index (χ3v) is 3.00. The molecule has 2 rings (SSSR count). The van der Waals surface area contributed by atoms with E-state index in [0.717, 1.165) is 24.6 Å². The molecule has 0 fully saturated rings. The lowest BCUT2D eigenvalue weighted by Gasteiger charge is -2.01. The summed E-state index contributed by atoms with van der Waals surface area (Å²) in [4.78, 5) is 11.8. The lowest BCUT2D eigenvalue weighted by Crippen LogP contribution is -2.23. The van der Waals surface area contributed by atoms with Crippen LogP contribution >= 0.6 is 11.6 Å². The van der Waals surface area contributed by atoms with E-state index in [4.69, 9.17) is 16.0 Å². The van der Waals surface area contributed by atoms with Crippen molar-refractivity contribution in [3.8, 4) is 0 Å². The van der Waals surface area contributed by atoms with E-state index >= 15 is 0 Å². The van der Waals surface area contributed by atoms with Gasteiger partial charge >= 0.3 is 0 Å². The van der Waals surface area contributed by atoms with Gasteiger partial charge in [0, 0.05) is 17.0 Å². The molecular weight excluding hydrogens is 250 g/mol. The predicted molar refractivity (Wildman–Crippen MR) is 73.1 cm³/mol. The summed E-state index contributed by atoms with van der Waals surface area (Å²) < 4.78 is 5.47. The Morgan fingerprint density at radius 2 is 2.17 bits per heavy atom. The van der Waals surface area contributed by atoms with Crippen LogP contribution in [0.5, 0.6) is 0 Å². The fourth-order valence-corrected chi connectivity index (χ4v) is 1.97. The van der Waals surface area contributed by atoms with E-state index in [1.165, 1.54) is 0 Å². The zero-order chi connectivity index (χ0) is 13.0. The molecule has 0 spiro atoms. The van der Waals surface area contributed by atoms with E-state index < -0.39 is 0 Å². The second kappa shape index (κ2) is 5.91. The highest BCUT2D eigenvalue weighted by molar-refractivity contribution is 6.31. The van der Waals surface area contributed by atoms with Crippen LogP contribution in [0.1, 0.15) is 36.7 Å². The zero-order valence-electron chi connectivity index (χ0n) is 10.3. The average Bonchev–Trinajstić information content (AvgIpc) is 2.77. The number of unbranched alkanes of at least 4 members (excludes halogenated alkanes) is 2. The van der Waals surface area contributed by atoms with Crippen LogP contribution in [0.3, 0.4) is 0 Å². The summed E-state index contributed by atoms with van der Waals surface area (Å²) in [7, 11) is 0. The van der Waals surface area contributed by atoms with Crippen LogP contribution < -0.4 is 5.32 Å². The van der Waals surface area contributed by atoms with Crippen LogP contribution in [0.2, 0.25) is 5.02 Å². The van der Waals surface area contributed by atoms with Crippen molar-refractivity contribution in [2.75, 3.05) is 6.54 Å². The van der Waals surface area contributed by atoms with Crippen molar-refractivity contribution in [3.63, 3.8) is 0 Å². The van der Waals surface area contributed by atoms with Crippen molar-refractivity contribution in [1.82, 2.24) is 5.32 Å². The molecule has 0 atom stereocenters. The zero-order valence-corrected chi connectivity index (χ0v) is 11.1. The van der Waals surface area contributed by atoms with Crippen molar-refractivity contribution >= 4 is 28.5 Å². The third kappa shape index (κ3) is 3.05.